The molecule has 0 radical (unpaired) electrons. The lowest BCUT2D eigenvalue weighted by Crippen LogP contribution is -2.27. The van der Waals surface area contributed by atoms with Gasteiger partial charge in [-0.3, -0.25) is 0 Å². The summed E-state index contributed by atoms with van der Waals surface area (Å²) in [6, 6.07) is 16.3. The van der Waals surface area contributed by atoms with Gasteiger partial charge in [0.1, 0.15) is 11.5 Å². The van der Waals surface area contributed by atoms with Crippen molar-refractivity contribution in [3.05, 3.63) is 62.8 Å². The summed E-state index contributed by atoms with van der Waals surface area (Å²) in [6.07, 6.45) is -0.194. The van der Waals surface area contributed by atoms with Crippen molar-refractivity contribution in [2.24, 2.45) is 0 Å². The number of hydrogen-bond acceptors (Lipinski definition) is 4. The molecule has 4 rings (SSSR count). The van der Waals surface area contributed by atoms with Crippen molar-refractivity contribution in [2.45, 2.75) is 6.10 Å². The first kappa shape index (κ1) is 19.2. The van der Waals surface area contributed by atoms with Gasteiger partial charge >= 0.3 is 0 Å². The normalized spacial score (nSPS) is 14.5. The van der Waals surface area contributed by atoms with Gasteiger partial charge in [0.25, 0.3) is 0 Å². The van der Waals surface area contributed by atoms with Gasteiger partial charge < -0.3 is 19.7 Å². The highest BCUT2D eigenvalue weighted by Crippen LogP contribution is 2.50. The molecule has 1 aromatic heterocycles. The monoisotopic (exact) mass is 474 g/mol. The maximum Gasteiger partial charge on any atom is 0.172 e. The summed E-state index contributed by atoms with van der Waals surface area (Å²) in [5.74, 6) is 1.62. The Morgan fingerprint density at radius 2 is 2.04 bits per heavy atom. The second-order valence-corrected chi connectivity index (χ2v) is 9.48. The highest BCUT2D eigenvalue weighted by atomic mass is 79.9. The molecule has 4 nitrogen and oxygen atoms in total. The quantitative estimate of drug-likeness (QED) is 0.476. The number of rotatable bonds is 3. The van der Waals surface area contributed by atoms with Gasteiger partial charge in [0.05, 0.1) is 21.3 Å². The summed E-state index contributed by atoms with van der Waals surface area (Å²) >= 11 is 10.6. The minimum absolute atomic E-state index is 0.194. The molecule has 144 valence electrons. The van der Waals surface area contributed by atoms with Crippen LogP contribution in [0.15, 0.2) is 52.3 Å². The van der Waals surface area contributed by atoms with Crippen molar-refractivity contribution in [3.8, 4) is 22.6 Å². The van der Waals surface area contributed by atoms with Crippen LogP contribution in [-0.2, 0) is 0 Å². The number of anilines is 1. The lowest BCUT2D eigenvalue weighted by atomic mass is 9.91. The molecule has 1 atom stereocenters. The first-order valence-corrected chi connectivity index (χ1v) is 10.7. The molecule has 0 saturated carbocycles. The minimum Gasteiger partial charge on any atom is -0.496 e. The Bertz CT molecular complexity index is 1050. The van der Waals surface area contributed by atoms with Crippen LogP contribution < -0.4 is 14.8 Å². The van der Waals surface area contributed by atoms with E-state index >= 15 is 0 Å². The summed E-state index contributed by atoms with van der Waals surface area (Å²) in [7, 11) is 5.52. The fourth-order valence-corrected chi connectivity index (χ4v) is 4.83. The van der Waals surface area contributed by atoms with Gasteiger partial charge in [0.15, 0.2) is 11.2 Å². The van der Waals surface area contributed by atoms with Crippen LogP contribution in [0.1, 0.15) is 16.5 Å². The van der Waals surface area contributed by atoms with Gasteiger partial charge in [-0.1, -0.05) is 12.1 Å². The molecule has 1 unspecified atom stereocenters. The van der Waals surface area contributed by atoms with E-state index in [1.165, 1.54) is 0 Å². The maximum absolute atomic E-state index is 6.45. The largest absolute Gasteiger partial charge is 0.496 e. The number of thiocarbonyl (C=S) groups is 1. The predicted molar refractivity (Wildman–Crippen MR) is 123 cm³/mol. The number of halogens is 1. The zero-order valence-electron chi connectivity index (χ0n) is 15.7. The van der Waals surface area contributed by atoms with E-state index in [1.54, 1.807) is 18.4 Å². The van der Waals surface area contributed by atoms with Crippen molar-refractivity contribution in [1.29, 1.82) is 0 Å². The lowest BCUT2D eigenvalue weighted by molar-refractivity contribution is 0.246. The van der Waals surface area contributed by atoms with Crippen LogP contribution in [0.3, 0.4) is 0 Å². The van der Waals surface area contributed by atoms with Crippen LogP contribution in [0.5, 0.6) is 11.5 Å². The van der Waals surface area contributed by atoms with Crippen LogP contribution in [0.4, 0.5) is 5.69 Å². The number of hydrogen-bond donors (Lipinski definition) is 1. The number of nitrogens with one attached hydrogen (secondary N) is 1. The fourth-order valence-electron chi connectivity index (χ4n) is 3.24. The first-order valence-electron chi connectivity index (χ1n) is 8.69. The van der Waals surface area contributed by atoms with Gasteiger partial charge in [-0.15, -0.1) is 11.3 Å². The molecule has 7 heteroatoms. The summed E-state index contributed by atoms with van der Waals surface area (Å²) in [5.41, 5.74) is 4.10. The van der Waals surface area contributed by atoms with Crippen molar-refractivity contribution >= 4 is 50.3 Å². The van der Waals surface area contributed by atoms with E-state index < -0.39 is 0 Å². The molecule has 1 N–H and O–H groups in total. The summed E-state index contributed by atoms with van der Waals surface area (Å²) in [5, 5.41) is 3.94. The van der Waals surface area contributed by atoms with E-state index in [9.17, 15) is 0 Å². The number of ether oxygens (including phenoxy) is 2. The van der Waals surface area contributed by atoms with Crippen LogP contribution in [0.2, 0.25) is 0 Å². The zero-order valence-corrected chi connectivity index (χ0v) is 18.9. The van der Waals surface area contributed by atoms with E-state index in [1.807, 2.05) is 49.3 Å². The Kier molecular flexibility index (Phi) is 5.31. The fraction of sp³-hybridized carbons (Fsp3) is 0.190. The van der Waals surface area contributed by atoms with Gasteiger partial charge in [0, 0.05) is 25.3 Å². The molecule has 0 bridgehead atoms. The predicted octanol–water partition coefficient (Wildman–Crippen LogP) is 5.93. The van der Waals surface area contributed by atoms with Gasteiger partial charge in [-0.2, -0.15) is 0 Å². The molecular formula is C21H19BrN2O2S2. The van der Waals surface area contributed by atoms with Gasteiger partial charge in [0.2, 0.25) is 0 Å². The van der Waals surface area contributed by atoms with Gasteiger partial charge in [-0.05, 0) is 70.1 Å². The topological polar surface area (TPSA) is 33.7 Å². The standard InChI is InChI=1S/C21H19BrN2O2S2/c1-24(2)21(27)23-12-7-8-13-14(11-12)20(17-9-10-18(22)28-17)26-16-6-4-5-15(25-3)19(13)16/h4-11,20H,1-3H3,(H,23,27). The second-order valence-electron chi connectivity index (χ2n) is 6.60. The SMILES string of the molecule is COc1cccc2c1-c1ccc(NC(=S)N(C)C)cc1C(c1ccc(Br)s1)O2. The van der Waals surface area contributed by atoms with Crippen molar-refractivity contribution < 1.29 is 9.47 Å². The number of thiophene rings is 1. The molecule has 28 heavy (non-hydrogen) atoms. The molecule has 2 aromatic carbocycles. The molecule has 0 amide bonds. The molecule has 1 aliphatic rings. The Labute approximate surface area is 182 Å². The van der Waals surface area contributed by atoms with E-state index in [0.29, 0.717) is 5.11 Å². The average Bonchev–Trinajstić information content (AvgIpc) is 3.12. The van der Waals surface area contributed by atoms with Crippen molar-refractivity contribution in [1.82, 2.24) is 4.90 Å². The molecule has 2 heterocycles. The highest BCUT2D eigenvalue weighted by molar-refractivity contribution is 9.11. The van der Waals surface area contributed by atoms with E-state index in [4.69, 9.17) is 21.7 Å². The maximum atomic E-state index is 6.45. The average molecular weight is 475 g/mol. The van der Waals surface area contributed by atoms with Crippen LogP contribution in [-0.4, -0.2) is 31.2 Å². The molecule has 3 aromatic rings. The van der Waals surface area contributed by atoms with E-state index in [0.717, 1.165) is 42.5 Å². The van der Waals surface area contributed by atoms with Crippen LogP contribution in [0.25, 0.3) is 11.1 Å². The van der Waals surface area contributed by atoms with Crippen molar-refractivity contribution in [3.63, 3.8) is 0 Å². The Hall–Kier alpha value is -2.09. The Morgan fingerprint density at radius 1 is 1.21 bits per heavy atom. The third-order valence-corrected chi connectivity index (χ3v) is 6.70. The lowest BCUT2D eigenvalue weighted by Gasteiger charge is -2.30. The number of methoxy groups -OCH3 is 1. The second kappa shape index (κ2) is 7.73. The molecular weight excluding hydrogens is 456 g/mol. The third-order valence-electron chi connectivity index (χ3n) is 4.57. The van der Waals surface area contributed by atoms with Gasteiger partial charge in [-0.25, -0.2) is 0 Å². The highest BCUT2D eigenvalue weighted by Gasteiger charge is 2.30. The van der Waals surface area contributed by atoms with Crippen LogP contribution in [0, 0.1) is 0 Å². The molecule has 0 fully saturated rings. The molecule has 1 aliphatic heterocycles. The molecule has 0 aliphatic carbocycles. The summed E-state index contributed by atoms with van der Waals surface area (Å²) < 4.78 is 13.1. The summed E-state index contributed by atoms with van der Waals surface area (Å²) in [6.45, 7) is 0. The number of fused-ring (bicyclic) bond motifs is 3. The summed E-state index contributed by atoms with van der Waals surface area (Å²) in [4.78, 5) is 3.01. The van der Waals surface area contributed by atoms with E-state index in [-0.39, 0.29) is 6.10 Å². The zero-order chi connectivity index (χ0) is 19.8. The van der Waals surface area contributed by atoms with E-state index in [2.05, 4.69) is 39.4 Å². The third kappa shape index (κ3) is 3.50. The number of nitrogens with zero attached hydrogens (tertiary/aromatic N) is 1. The van der Waals surface area contributed by atoms with Crippen LogP contribution >= 0.6 is 39.5 Å². The smallest absolute Gasteiger partial charge is 0.172 e. The van der Waals surface area contributed by atoms with Crippen molar-refractivity contribution in [2.75, 3.05) is 26.5 Å². The minimum atomic E-state index is -0.194. The Balaban J connectivity index is 1.86. The Morgan fingerprint density at radius 3 is 2.71 bits per heavy atom. The molecule has 0 spiro atoms. The molecule has 0 saturated heterocycles. The first-order chi connectivity index (χ1) is 13.5. The number of benzene rings is 2.